The summed E-state index contributed by atoms with van der Waals surface area (Å²) in [7, 11) is 0. The van der Waals surface area contributed by atoms with Crippen molar-refractivity contribution in [3.05, 3.63) is 59.4 Å². The van der Waals surface area contributed by atoms with Crippen molar-refractivity contribution in [2.45, 2.75) is 25.1 Å². The molecule has 2 aromatic rings. The zero-order chi connectivity index (χ0) is 15.7. The Hall–Kier alpha value is -2.37. The SMILES string of the molecule is O=C1CCC(Oc2ccc(C(F)(F)F)cc2)c2cnccc21. The second-order valence-corrected chi connectivity index (χ2v) is 5.05. The number of aromatic nitrogens is 1. The largest absolute Gasteiger partial charge is 0.486 e. The number of ether oxygens (including phenoxy) is 1. The van der Waals surface area contributed by atoms with E-state index in [1.807, 2.05) is 0 Å². The van der Waals surface area contributed by atoms with Crippen LogP contribution in [0.4, 0.5) is 13.2 Å². The number of Topliss-reactive ketones (excluding diaryl/α,β-unsaturated/α-hetero) is 1. The van der Waals surface area contributed by atoms with Crippen molar-refractivity contribution in [3.63, 3.8) is 0 Å². The number of alkyl halides is 3. The third kappa shape index (κ3) is 2.81. The van der Waals surface area contributed by atoms with Gasteiger partial charge in [0.2, 0.25) is 0 Å². The smallest absolute Gasteiger partial charge is 0.416 e. The van der Waals surface area contributed by atoms with Gasteiger partial charge in [-0.1, -0.05) is 0 Å². The van der Waals surface area contributed by atoms with Gasteiger partial charge in [0.05, 0.1) is 5.56 Å². The molecule has 1 heterocycles. The Morgan fingerprint density at radius 1 is 1.14 bits per heavy atom. The third-order valence-corrected chi connectivity index (χ3v) is 3.59. The van der Waals surface area contributed by atoms with Crippen LogP contribution < -0.4 is 4.74 Å². The van der Waals surface area contributed by atoms with Gasteiger partial charge in [-0.3, -0.25) is 9.78 Å². The monoisotopic (exact) mass is 307 g/mol. The van der Waals surface area contributed by atoms with Crippen LogP contribution in [0.15, 0.2) is 42.7 Å². The molecule has 0 radical (unpaired) electrons. The quantitative estimate of drug-likeness (QED) is 0.835. The highest BCUT2D eigenvalue weighted by atomic mass is 19.4. The van der Waals surface area contributed by atoms with Crippen LogP contribution in [0.1, 0.15) is 40.4 Å². The van der Waals surface area contributed by atoms with Gasteiger partial charge in [0.1, 0.15) is 11.9 Å². The van der Waals surface area contributed by atoms with Gasteiger partial charge >= 0.3 is 6.18 Å². The number of benzene rings is 1. The lowest BCUT2D eigenvalue weighted by molar-refractivity contribution is -0.137. The summed E-state index contributed by atoms with van der Waals surface area (Å²) < 4.78 is 43.3. The van der Waals surface area contributed by atoms with E-state index in [2.05, 4.69) is 4.98 Å². The molecule has 1 atom stereocenters. The Balaban J connectivity index is 1.82. The van der Waals surface area contributed by atoms with E-state index in [-0.39, 0.29) is 11.9 Å². The molecule has 0 fully saturated rings. The number of hydrogen-bond acceptors (Lipinski definition) is 3. The number of nitrogens with zero attached hydrogens (tertiary/aromatic N) is 1. The van der Waals surface area contributed by atoms with Gasteiger partial charge in [-0.15, -0.1) is 0 Å². The number of ketones is 1. The summed E-state index contributed by atoms with van der Waals surface area (Å²) >= 11 is 0. The van der Waals surface area contributed by atoms with E-state index in [9.17, 15) is 18.0 Å². The number of carbonyl (C=O) groups is 1. The number of fused-ring (bicyclic) bond motifs is 1. The second kappa shape index (κ2) is 5.44. The molecule has 22 heavy (non-hydrogen) atoms. The van der Waals surface area contributed by atoms with Gasteiger partial charge in [-0.2, -0.15) is 13.2 Å². The van der Waals surface area contributed by atoms with E-state index < -0.39 is 11.7 Å². The fraction of sp³-hybridized carbons (Fsp3) is 0.250. The van der Waals surface area contributed by atoms with Crippen molar-refractivity contribution in [2.75, 3.05) is 0 Å². The Kier molecular flexibility index (Phi) is 3.60. The van der Waals surface area contributed by atoms with Gasteiger partial charge in [0.25, 0.3) is 0 Å². The number of rotatable bonds is 2. The summed E-state index contributed by atoms with van der Waals surface area (Å²) in [6.45, 7) is 0. The summed E-state index contributed by atoms with van der Waals surface area (Å²) in [5, 5.41) is 0. The van der Waals surface area contributed by atoms with Gasteiger partial charge in [-0.25, -0.2) is 0 Å². The minimum atomic E-state index is -4.37. The molecular formula is C16H12F3NO2. The predicted molar refractivity (Wildman–Crippen MR) is 72.6 cm³/mol. The van der Waals surface area contributed by atoms with Crippen molar-refractivity contribution in [1.29, 1.82) is 0 Å². The zero-order valence-electron chi connectivity index (χ0n) is 11.4. The highest BCUT2D eigenvalue weighted by Gasteiger charge is 2.31. The van der Waals surface area contributed by atoms with Gasteiger partial charge in [-0.05, 0) is 36.8 Å². The fourth-order valence-electron chi connectivity index (χ4n) is 2.48. The first kappa shape index (κ1) is 14.6. The standard InChI is InChI=1S/C16H12F3NO2/c17-16(18,19)10-1-3-11(4-2-10)22-15-6-5-14(21)12-7-8-20-9-13(12)15/h1-4,7-9,15H,5-6H2. The summed E-state index contributed by atoms with van der Waals surface area (Å²) in [6.07, 6.45) is -0.802. The Morgan fingerprint density at radius 2 is 1.86 bits per heavy atom. The lowest BCUT2D eigenvalue weighted by atomic mass is 9.90. The summed E-state index contributed by atoms with van der Waals surface area (Å²) in [5.74, 6) is 0.367. The molecule has 6 heteroatoms. The van der Waals surface area contributed by atoms with Crippen LogP contribution >= 0.6 is 0 Å². The number of carbonyl (C=O) groups excluding carboxylic acids is 1. The summed E-state index contributed by atoms with van der Waals surface area (Å²) in [5.41, 5.74) is 0.526. The maximum Gasteiger partial charge on any atom is 0.416 e. The van der Waals surface area contributed by atoms with E-state index >= 15 is 0 Å². The average Bonchev–Trinajstić information content (AvgIpc) is 2.50. The van der Waals surface area contributed by atoms with Crippen molar-refractivity contribution in [1.82, 2.24) is 4.98 Å². The van der Waals surface area contributed by atoms with Crippen molar-refractivity contribution >= 4 is 5.78 Å². The van der Waals surface area contributed by atoms with E-state index in [0.29, 0.717) is 29.7 Å². The Labute approximate surface area is 124 Å². The Morgan fingerprint density at radius 3 is 2.55 bits per heavy atom. The highest BCUT2D eigenvalue weighted by Crippen LogP contribution is 2.35. The molecular weight excluding hydrogens is 295 g/mol. The first-order valence-corrected chi connectivity index (χ1v) is 6.76. The average molecular weight is 307 g/mol. The molecule has 0 amide bonds. The first-order chi connectivity index (χ1) is 10.4. The van der Waals surface area contributed by atoms with Crippen LogP contribution in [0.5, 0.6) is 5.75 Å². The summed E-state index contributed by atoms with van der Waals surface area (Å²) in [4.78, 5) is 15.8. The molecule has 1 aromatic heterocycles. The van der Waals surface area contributed by atoms with Crippen LogP contribution in [0.3, 0.4) is 0 Å². The maximum absolute atomic E-state index is 12.5. The van der Waals surface area contributed by atoms with Crippen LogP contribution in [-0.2, 0) is 6.18 Å². The zero-order valence-corrected chi connectivity index (χ0v) is 11.4. The van der Waals surface area contributed by atoms with Crippen molar-refractivity contribution in [2.24, 2.45) is 0 Å². The lowest BCUT2D eigenvalue weighted by Gasteiger charge is -2.25. The molecule has 1 aliphatic rings. The number of hydrogen-bond donors (Lipinski definition) is 0. The molecule has 3 nitrogen and oxygen atoms in total. The molecule has 1 unspecified atom stereocenters. The van der Waals surface area contributed by atoms with Crippen molar-refractivity contribution in [3.8, 4) is 5.75 Å². The normalized spacial score (nSPS) is 18.0. The number of pyridine rings is 1. The van der Waals surface area contributed by atoms with E-state index in [1.54, 1.807) is 12.3 Å². The molecule has 3 rings (SSSR count). The van der Waals surface area contributed by atoms with E-state index in [1.165, 1.54) is 18.3 Å². The second-order valence-electron chi connectivity index (χ2n) is 5.05. The molecule has 0 N–H and O–H groups in total. The molecule has 0 spiro atoms. The van der Waals surface area contributed by atoms with Crippen LogP contribution in [-0.4, -0.2) is 10.8 Å². The Bertz CT molecular complexity index is 695. The first-order valence-electron chi connectivity index (χ1n) is 6.76. The molecule has 1 aromatic carbocycles. The van der Waals surface area contributed by atoms with Gasteiger partial charge in [0, 0.05) is 29.9 Å². The molecule has 0 saturated heterocycles. The summed E-state index contributed by atoms with van der Waals surface area (Å²) in [6, 6.07) is 6.17. The van der Waals surface area contributed by atoms with Crippen LogP contribution in [0, 0.1) is 0 Å². The molecule has 0 saturated carbocycles. The van der Waals surface area contributed by atoms with E-state index in [0.717, 1.165) is 12.1 Å². The van der Waals surface area contributed by atoms with E-state index in [4.69, 9.17) is 4.74 Å². The molecule has 114 valence electrons. The number of halogens is 3. The molecule has 1 aliphatic carbocycles. The fourth-order valence-corrected chi connectivity index (χ4v) is 2.48. The van der Waals surface area contributed by atoms with Crippen LogP contribution in [0.25, 0.3) is 0 Å². The van der Waals surface area contributed by atoms with Crippen molar-refractivity contribution < 1.29 is 22.7 Å². The molecule has 0 bridgehead atoms. The lowest BCUT2D eigenvalue weighted by Crippen LogP contribution is -2.20. The molecule has 0 aliphatic heterocycles. The minimum Gasteiger partial charge on any atom is -0.486 e. The van der Waals surface area contributed by atoms with Gasteiger partial charge in [0.15, 0.2) is 5.78 Å². The minimum absolute atomic E-state index is 0.0321. The third-order valence-electron chi connectivity index (χ3n) is 3.59. The van der Waals surface area contributed by atoms with Crippen LogP contribution in [0.2, 0.25) is 0 Å². The highest BCUT2D eigenvalue weighted by molar-refractivity contribution is 5.98. The topological polar surface area (TPSA) is 39.2 Å². The predicted octanol–water partition coefficient (Wildman–Crippen LogP) is 4.20. The van der Waals surface area contributed by atoms with Gasteiger partial charge < -0.3 is 4.74 Å². The maximum atomic E-state index is 12.5.